The van der Waals surface area contributed by atoms with Crippen LogP contribution in [0.2, 0.25) is 0 Å². The zero-order valence-corrected chi connectivity index (χ0v) is 28.6. The zero-order valence-electron chi connectivity index (χ0n) is 27.4. The fourth-order valence-corrected chi connectivity index (χ4v) is 7.64. The molecular formula is C36H30AlF4N8O. The van der Waals surface area contributed by atoms with Crippen LogP contribution in [0, 0.1) is 0 Å². The SMILES string of the molecule is CF.CF.CF.CF.O.c1ccc2c(c1)C1=NC2=Nc2c3ccccc3c3[n]2[Al][n]2c(c4ccccc4c2=NC2=NC(=N3)c3ccccc32)=N1. The van der Waals surface area contributed by atoms with E-state index in [2.05, 4.69) is 79.9 Å². The molecule has 6 heterocycles. The Labute approximate surface area is 290 Å². The molecule has 251 valence electrons. The lowest BCUT2D eigenvalue weighted by molar-refractivity contribution is 0.635. The molecule has 0 unspecified atom stereocenters. The first-order valence-electron chi connectivity index (χ1n) is 14.9. The van der Waals surface area contributed by atoms with E-state index in [-0.39, 0.29) is 5.48 Å². The van der Waals surface area contributed by atoms with E-state index in [1.807, 2.05) is 24.3 Å². The molecule has 4 aliphatic rings. The molecule has 9 nitrogen and oxygen atoms in total. The summed E-state index contributed by atoms with van der Waals surface area (Å²) in [5.74, 6) is 4.31. The number of benzene rings is 4. The van der Waals surface area contributed by atoms with Gasteiger partial charge in [-0.3, -0.25) is 17.6 Å². The van der Waals surface area contributed by atoms with Gasteiger partial charge in [-0.2, -0.15) is 0 Å². The number of fused-ring (bicyclic) bond motifs is 14. The molecule has 0 atom stereocenters. The molecule has 14 heteroatoms. The van der Waals surface area contributed by atoms with Gasteiger partial charge in [0, 0.05) is 43.8 Å². The number of halogens is 4. The van der Waals surface area contributed by atoms with Crippen LogP contribution in [0.25, 0.3) is 21.5 Å². The van der Waals surface area contributed by atoms with Gasteiger partial charge in [0.25, 0.3) is 0 Å². The van der Waals surface area contributed by atoms with E-state index < -0.39 is 15.7 Å². The maximum Gasteiger partial charge on any atom is 0.568 e. The molecule has 1 radical (unpaired) electrons. The second-order valence-electron chi connectivity index (χ2n) is 10.3. The summed E-state index contributed by atoms with van der Waals surface area (Å²) in [4.78, 5) is 31.0. The number of aliphatic imine (C=N–C) groups is 4. The molecular weight excluding hydrogens is 663 g/mol. The minimum absolute atomic E-state index is 0. The van der Waals surface area contributed by atoms with Crippen LogP contribution in [0.15, 0.2) is 127 Å². The Kier molecular flexibility index (Phi) is 11.0. The molecule has 4 aromatic carbocycles. The van der Waals surface area contributed by atoms with Gasteiger partial charge in [0.1, 0.15) is 22.6 Å². The van der Waals surface area contributed by atoms with Gasteiger partial charge in [-0.15, -0.1) is 0 Å². The highest BCUT2D eigenvalue weighted by Crippen LogP contribution is 2.39. The Hall–Kier alpha value is -5.55. The van der Waals surface area contributed by atoms with Crippen LogP contribution in [0.4, 0.5) is 29.2 Å². The molecule has 0 amide bonds. The van der Waals surface area contributed by atoms with E-state index in [9.17, 15) is 17.6 Å². The van der Waals surface area contributed by atoms with Gasteiger partial charge >= 0.3 is 15.7 Å². The van der Waals surface area contributed by atoms with Crippen molar-refractivity contribution in [1.82, 2.24) is 7.10 Å². The summed E-state index contributed by atoms with van der Waals surface area (Å²) >= 11 is -0.639. The van der Waals surface area contributed by atoms with Gasteiger partial charge in [0.05, 0.1) is 28.7 Å². The number of amidine groups is 4. The molecule has 2 N–H and O–H groups in total. The fraction of sp³-hybridized carbons (Fsp3) is 0.111. The first kappa shape index (κ1) is 35.8. The van der Waals surface area contributed by atoms with Crippen LogP contribution >= 0.6 is 0 Å². The third kappa shape index (κ3) is 5.57. The quantitative estimate of drug-likeness (QED) is 0.138. The average Bonchev–Trinajstić information content (AvgIpc) is 3.89. The van der Waals surface area contributed by atoms with Gasteiger partial charge < -0.3 is 12.6 Å². The van der Waals surface area contributed by atoms with Crippen molar-refractivity contribution in [3.05, 3.63) is 130 Å². The van der Waals surface area contributed by atoms with Crippen molar-refractivity contribution in [2.75, 3.05) is 28.7 Å². The monoisotopic (exact) mass is 693 g/mol. The maximum absolute atomic E-state index is 9.50. The normalized spacial score (nSPS) is 13.2. The summed E-state index contributed by atoms with van der Waals surface area (Å²) < 4.78 is 42.5. The predicted molar refractivity (Wildman–Crippen MR) is 193 cm³/mol. The summed E-state index contributed by atoms with van der Waals surface area (Å²) in [5, 5.41) is 4.10. The number of alkyl halides is 4. The van der Waals surface area contributed by atoms with Crippen LogP contribution < -0.4 is 11.0 Å². The number of hydrogen-bond donors (Lipinski definition) is 0. The van der Waals surface area contributed by atoms with Crippen molar-refractivity contribution >= 4 is 72.2 Å². The van der Waals surface area contributed by atoms with Crippen LogP contribution in [-0.4, -0.2) is 80.3 Å². The van der Waals surface area contributed by atoms with Crippen molar-refractivity contribution in [1.29, 1.82) is 0 Å². The molecule has 0 saturated heterocycles. The summed E-state index contributed by atoms with van der Waals surface area (Å²) in [6.45, 7) is 0. The van der Waals surface area contributed by atoms with Crippen molar-refractivity contribution in [2.45, 2.75) is 0 Å². The van der Waals surface area contributed by atoms with Crippen LogP contribution in [0.3, 0.4) is 0 Å². The van der Waals surface area contributed by atoms with E-state index in [0.29, 0.717) is 52.1 Å². The average molecular weight is 694 g/mol. The minimum Gasteiger partial charge on any atom is -0.412 e. The maximum atomic E-state index is 9.50. The van der Waals surface area contributed by atoms with Gasteiger partial charge in [0.2, 0.25) is 0 Å². The second kappa shape index (κ2) is 15.3. The molecule has 0 aliphatic carbocycles. The van der Waals surface area contributed by atoms with Gasteiger partial charge in [-0.25, -0.2) is 30.0 Å². The van der Waals surface area contributed by atoms with Crippen molar-refractivity contribution in [2.24, 2.45) is 30.0 Å². The molecule has 6 bridgehead atoms. The molecule has 0 saturated carbocycles. The van der Waals surface area contributed by atoms with Crippen LogP contribution in [0.1, 0.15) is 22.3 Å². The number of nitrogens with zero attached hydrogens (tertiary/aromatic N) is 8. The third-order valence-corrected chi connectivity index (χ3v) is 9.49. The number of rotatable bonds is 0. The predicted octanol–water partition coefficient (Wildman–Crippen LogP) is 5.99. The highest BCUT2D eigenvalue weighted by molar-refractivity contribution is 6.37. The van der Waals surface area contributed by atoms with Crippen molar-refractivity contribution < 1.29 is 23.0 Å². The van der Waals surface area contributed by atoms with Crippen LogP contribution in [-0.2, 0) is 0 Å². The lowest BCUT2D eigenvalue weighted by Crippen LogP contribution is -2.36. The van der Waals surface area contributed by atoms with Gasteiger partial charge in [-0.1, -0.05) is 97.1 Å². The summed E-state index contributed by atoms with van der Waals surface area (Å²) in [5.41, 5.74) is 5.56. The Morgan fingerprint density at radius 1 is 0.380 bits per heavy atom. The largest absolute Gasteiger partial charge is 0.568 e. The van der Waals surface area contributed by atoms with Crippen molar-refractivity contribution in [3.8, 4) is 0 Å². The van der Waals surface area contributed by atoms with E-state index in [4.69, 9.17) is 30.0 Å². The Morgan fingerprint density at radius 2 is 0.680 bits per heavy atom. The molecule has 0 fully saturated rings. The Bertz CT molecular complexity index is 2320. The lowest BCUT2D eigenvalue weighted by atomic mass is 10.1. The zero-order chi connectivity index (χ0) is 34.7. The molecule has 6 aromatic rings. The summed E-state index contributed by atoms with van der Waals surface area (Å²) in [6.07, 6.45) is 0. The Balaban J connectivity index is 0.000000507. The van der Waals surface area contributed by atoms with Crippen molar-refractivity contribution in [3.63, 3.8) is 0 Å². The highest BCUT2D eigenvalue weighted by Gasteiger charge is 2.30. The third-order valence-electron chi connectivity index (χ3n) is 8.05. The summed E-state index contributed by atoms with van der Waals surface area (Å²) in [7, 11) is 2.00. The van der Waals surface area contributed by atoms with E-state index in [1.54, 1.807) is 0 Å². The minimum atomic E-state index is -0.639. The Morgan fingerprint density at radius 3 is 1.04 bits per heavy atom. The lowest BCUT2D eigenvalue weighted by Gasteiger charge is -2.11. The topological polar surface area (TPSA) is 116 Å². The summed E-state index contributed by atoms with van der Waals surface area (Å²) in [6, 6.07) is 33.0. The van der Waals surface area contributed by atoms with E-state index >= 15 is 0 Å². The van der Waals surface area contributed by atoms with E-state index in [1.165, 1.54) is 0 Å². The number of aromatic nitrogens is 2. The van der Waals surface area contributed by atoms with Crippen LogP contribution in [0.5, 0.6) is 0 Å². The second-order valence-corrected chi connectivity index (χ2v) is 11.6. The van der Waals surface area contributed by atoms with Gasteiger partial charge in [0.15, 0.2) is 23.3 Å². The molecule has 0 spiro atoms. The van der Waals surface area contributed by atoms with E-state index in [0.717, 1.165) is 66.4 Å². The highest BCUT2D eigenvalue weighted by atomic mass is 27.1. The molecule has 4 aliphatic heterocycles. The number of hydrogen-bond acceptors (Lipinski definition) is 6. The fourth-order valence-electron chi connectivity index (χ4n) is 6.19. The smallest absolute Gasteiger partial charge is 0.412 e. The standard InChI is InChI=1S/C32H16N8.4CH3F.Al.H2O/c1-2-10-18-17(9-1)25-33-26(18)38-28-21-13-5-6-14-22(21)30(35-28)40-32-24-16-8-7-15-23(24)31(36-32)39-29-20-12-4-3-11-19(20)27(34-29)37-25;4*1-2;;/h1-16H;4*1H3;;1H2/q-2;;;;;+2;. The van der Waals surface area contributed by atoms with Gasteiger partial charge in [-0.05, 0) is 0 Å². The molecule has 2 aromatic heterocycles. The first-order valence-corrected chi connectivity index (χ1v) is 15.9. The molecule has 10 rings (SSSR count). The first-order chi connectivity index (χ1) is 24.3. The molecule has 50 heavy (non-hydrogen) atoms.